The van der Waals surface area contributed by atoms with Gasteiger partial charge in [0.1, 0.15) is 17.2 Å². The molecule has 0 unspecified atom stereocenters. The highest BCUT2D eigenvalue weighted by Gasteiger charge is 2.33. The van der Waals surface area contributed by atoms with E-state index in [9.17, 15) is 9.59 Å². The molecule has 0 atom stereocenters. The molecular weight excluding hydrogens is 284 g/mol. The first-order chi connectivity index (χ1) is 10.6. The van der Waals surface area contributed by atoms with Gasteiger partial charge in [0, 0.05) is 22.8 Å². The zero-order valence-electron chi connectivity index (χ0n) is 12.4. The lowest BCUT2D eigenvalue weighted by Gasteiger charge is -2.20. The Bertz CT molecular complexity index is 792. The van der Waals surface area contributed by atoms with Crippen LogP contribution >= 0.6 is 0 Å². The highest BCUT2D eigenvalue weighted by molar-refractivity contribution is 6.29. The molecule has 0 aliphatic heterocycles. The smallest absolute Gasteiger partial charge is 0.198 e. The number of fused-ring (bicyclic) bond motifs is 2. The van der Waals surface area contributed by atoms with E-state index in [1.807, 2.05) is 0 Å². The van der Waals surface area contributed by atoms with Crippen LogP contribution in [-0.2, 0) is 0 Å². The van der Waals surface area contributed by atoms with E-state index in [1.54, 1.807) is 30.3 Å². The molecule has 5 heteroatoms. The highest BCUT2D eigenvalue weighted by Crippen LogP contribution is 2.37. The van der Waals surface area contributed by atoms with Crippen LogP contribution in [0.4, 0.5) is 0 Å². The largest absolute Gasteiger partial charge is 0.497 e. The standard InChI is InChI=1S/C17H14O5/c1-20-9-4-5-11-12(6-9)17(19)15-13(16(11)18)7-10(21-2)8-14(15)22-3/h4-8H,1-3H3. The molecule has 1 aliphatic rings. The van der Waals surface area contributed by atoms with Crippen LogP contribution in [0.25, 0.3) is 0 Å². The van der Waals surface area contributed by atoms with E-state index in [-0.39, 0.29) is 17.1 Å². The second-order valence-electron chi connectivity index (χ2n) is 4.82. The second kappa shape index (κ2) is 5.18. The molecule has 0 saturated carbocycles. The Hall–Kier alpha value is -2.82. The van der Waals surface area contributed by atoms with Gasteiger partial charge < -0.3 is 14.2 Å². The van der Waals surface area contributed by atoms with Crippen LogP contribution in [-0.4, -0.2) is 32.9 Å². The molecule has 0 bridgehead atoms. The first kappa shape index (κ1) is 14.1. The summed E-state index contributed by atoms with van der Waals surface area (Å²) in [6.45, 7) is 0. The quantitative estimate of drug-likeness (QED) is 0.743. The second-order valence-corrected chi connectivity index (χ2v) is 4.82. The van der Waals surface area contributed by atoms with E-state index in [2.05, 4.69) is 0 Å². The van der Waals surface area contributed by atoms with Crippen LogP contribution in [0.2, 0.25) is 0 Å². The van der Waals surface area contributed by atoms with E-state index in [1.165, 1.54) is 21.3 Å². The third kappa shape index (κ3) is 1.94. The molecule has 0 spiro atoms. The fourth-order valence-electron chi connectivity index (χ4n) is 2.60. The van der Waals surface area contributed by atoms with E-state index in [0.29, 0.717) is 33.9 Å². The Morgan fingerprint density at radius 3 is 2.00 bits per heavy atom. The van der Waals surface area contributed by atoms with Gasteiger partial charge in [0.05, 0.1) is 26.9 Å². The Morgan fingerprint density at radius 1 is 0.682 bits per heavy atom. The van der Waals surface area contributed by atoms with Crippen molar-refractivity contribution in [2.24, 2.45) is 0 Å². The monoisotopic (exact) mass is 298 g/mol. The van der Waals surface area contributed by atoms with Crippen LogP contribution in [0, 0.1) is 0 Å². The topological polar surface area (TPSA) is 61.8 Å². The normalized spacial score (nSPS) is 12.5. The zero-order valence-corrected chi connectivity index (χ0v) is 12.4. The summed E-state index contributed by atoms with van der Waals surface area (Å²) >= 11 is 0. The number of methoxy groups -OCH3 is 3. The third-order valence-corrected chi connectivity index (χ3v) is 3.72. The third-order valence-electron chi connectivity index (χ3n) is 3.72. The molecule has 1 aliphatic carbocycles. The Labute approximate surface area is 127 Å². The molecule has 0 radical (unpaired) electrons. The van der Waals surface area contributed by atoms with Gasteiger partial charge in [-0.05, 0) is 24.3 Å². The van der Waals surface area contributed by atoms with E-state index in [0.717, 1.165) is 0 Å². The number of hydrogen-bond donors (Lipinski definition) is 0. The Balaban J connectivity index is 2.28. The Kier molecular flexibility index (Phi) is 3.33. The van der Waals surface area contributed by atoms with Gasteiger partial charge in [-0.1, -0.05) is 0 Å². The molecule has 0 aromatic heterocycles. The predicted octanol–water partition coefficient (Wildman–Crippen LogP) is 2.49. The number of ketones is 2. The molecule has 0 N–H and O–H groups in total. The molecule has 0 fully saturated rings. The van der Waals surface area contributed by atoms with E-state index >= 15 is 0 Å². The molecule has 22 heavy (non-hydrogen) atoms. The highest BCUT2D eigenvalue weighted by atomic mass is 16.5. The molecule has 5 nitrogen and oxygen atoms in total. The summed E-state index contributed by atoms with van der Waals surface area (Å²) in [6, 6.07) is 7.98. The number of ether oxygens (including phenoxy) is 3. The van der Waals surface area contributed by atoms with Gasteiger partial charge in [-0.2, -0.15) is 0 Å². The van der Waals surface area contributed by atoms with E-state index < -0.39 is 0 Å². The minimum atomic E-state index is -0.261. The number of benzene rings is 2. The van der Waals surface area contributed by atoms with Crippen molar-refractivity contribution in [3.63, 3.8) is 0 Å². The molecular formula is C17H14O5. The van der Waals surface area contributed by atoms with Gasteiger partial charge in [0.15, 0.2) is 11.6 Å². The maximum absolute atomic E-state index is 12.8. The minimum Gasteiger partial charge on any atom is -0.497 e. The van der Waals surface area contributed by atoms with Crippen molar-refractivity contribution in [3.05, 3.63) is 52.6 Å². The molecule has 2 aromatic rings. The van der Waals surface area contributed by atoms with Crippen molar-refractivity contribution in [2.45, 2.75) is 0 Å². The lowest BCUT2D eigenvalue weighted by Crippen LogP contribution is -2.22. The number of carbonyl (C=O) groups is 2. The molecule has 0 amide bonds. The lowest BCUT2D eigenvalue weighted by molar-refractivity contribution is 0.0976. The van der Waals surface area contributed by atoms with Gasteiger partial charge >= 0.3 is 0 Å². The summed E-state index contributed by atoms with van der Waals surface area (Å²) in [4.78, 5) is 25.5. The maximum atomic E-state index is 12.8. The van der Waals surface area contributed by atoms with E-state index in [4.69, 9.17) is 14.2 Å². The van der Waals surface area contributed by atoms with Crippen molar-refractivity contribution < 1.29 is 23.8 Å². The van der Waals surface area contributed by atoms with Crippen molar-refractivity contribution in [2.75, 3.05) is 21.3 Å². The molecule has 2 aromatic carbocycles. The average Bonchev–Trinajstić information content (AvgIpc) is 2.57. The molecule has 112 valence electrons. The first-order valence-electron chi connectivity index (χ1n) is 6.64. The van der Waals surface area contributed by atoms with Gasteiger partial charge in [0.25, 0.3) is 0 Å². The first-order valence-corrected chi connectivity index (χ1v) is 6.64. The minimum absolute atomic E-state index is 0.232. The van der Waals surface area contributed by atoms with Gasteiger partial charge in [-0.15, -0.1) is 0 Å². The van der Waals surface area contributed by atoms with Crippen molar-refractivity contribution in [1.82, 2.24) is 0 Å². The fraction of sp³-hybridized carbons (Fsp3) is 0.176. The van der Waals surface area contributed by atoms with Crippen LogP contribution in [0.15, 0.2) is 30.3 Å². The average molecular weight is 298 g/mol. The van der Waals surface area contributed by atoms with Crippen LogP contribution < -0.4 is 14.2 Å². The SMILES string of the molecule is COc1ccc2c(c1)C(=O)c1c(OC)cc(OC)cc1C2=O. The van der Waals surface area contributed by atoms with Crippen LogP contribution in [0.3, 0.4) is 0 Å². The van der Waals surface area contributed by atoms with Gasteiger partial charge in [-0.25, -0.2) is 0 Å². The van der Waals surface area contributed by atoms with Crippen molar-refractivity contribution in [1.29, 1.82) is 0 Å². The Morgan fingerprint density at radius 2 is 1.36 bits per heavy atom. The number of carbonyl (C=O) groups excluding carboxylic acids is 2. The molecule has 0 saturated heterocycles. The fourth-order valence-corrected chi connectivity index (χ4v) is 2.60. The predicted molar refractivity (Wildman–Crippen MR) is 79.4 cm³/mol. The van der Waals surface area contributed by atoms with Crippen LogP contribution in [0.5, 0.6) is 17.2 Å². The van der Waals surface area contributed by atoms with Gasteiger partial charge in [0.2, 0.25) is 0 Å². The lowest BCUT2D eigenvalue weighted by atomic mass is 9.83. The summed E-state index contributed by atoms with van der Waals surface area (Å²) in [5.41, 5.74) is 1.22. The summed E-state index contributed by atoms with van der Waals surface area (Å²) in [5, 5.41) is 0. The molecule has 0 heterocycles. The maximum Gasteiger partial charge on any atom is 0.198 e. The van der Waals surface area contributed by atoms with Crippen LogP contribution in [0.1, 0.15) is 31.8 Å². The summed E-state index contributed by atoms with van der Waals surface area (Å²) in [6.07, 6.45) is 0. The zero-order chi connectivity index (χ0) is 15.9. The summed E-state index contributed by atoms with van der Waals surface area (Å²) in [7, 11) is 4.46. The molecule has 3 rings (SSSR count). The summed E-state index contributed by atoms with van der Waals surface area (Å²) in [5.74, 6) is 0.818. The summed E-state index contributed by atoms with van der Waals surface area (Å²) < 4.78 is 15.6. The van der Waals surface area contributed by atoms with Crippen molar-refractivity contribution >= 4 is 11.6 Å². The van der Waals surface area contributed by atoms with Gasteiger partial charge in [-0.3, -0.25) is 9.59 Å². The van der Waals surface area contributed by atoms with Crippen molar-refractivity contribution in [3.8, 4) is 17.2 Å². The number of rotatable bonds is 3. The number of hydrogen-bond acceptors (Lipinski definition) is 5.